The van der Waals surface area contributed by atoms with Gasteiger partial charge >= 0.3 is 0 Å². The molecule has 302 valence electrons. The van der Waals surface area contributed by atoms with Crippen LogP contribution in [0.3, 0.4) is 0 Å². The minimum absolute atomic E-state index is 0.0464. The predicted octanol–water partition coefficient (Wildman–Crippen LogP) is 12.8. The highest BCUT2D eigenvalue weighted by Gasteiger charge is 2.47. The number of para-hydroxylation sites is 2. The number of hydrogen-bond acceptors (Lipinski definition) is 4. The topological polar surface area (TPSA) is 27.0 Å². The van der Waals surface area contributed by atoms with Gasteiger partial charge in [-0.2, -0.15) is 0 Å². The highest BCUT2D eigenvalue weighted by Crippen LogP contribution is 2.47. The summed E-state index contributed by atoms with van der Waals surface area (Å²) in [5.41, 5.74) is 17.5. The van der Waals surface area contributed by atoms with Crippen molar-refractivity contribution in [3.05, 3.63) is 181 Å². The van der Waals surface area contributed by atoms with Crippen molar-refractivity contribution in [1.29, 1.82) is 0 Å². The molecule has 0 aliphatic carbocycles. The van der Waals surface area contributed by atoms with E-state index in [-0.39, 0.29) is 23.0 Å². The van der Waals surface area contributed by atoms with E-state index in [2.05, 4.69) is 245 Å². The van der Waals surface area contributed by atoms with Gasteiger partial charge in [0.2, 0.25) is 0 Å². The standard InChI is InChI=1S/C55H54BN5/c1-53(2,3)37-23-27-42(28-24-37)59(43-29-25-38(26-30-43)54(4,5)6)44-31-32-45-46(36-44)60(40-18-12-10-13-19-40)47-34-39(55(7,8)9)35-48-50(47)56(45)51-52(58-33-17-16-22-49(58)57-51)61(48)41-20-14-11-15-21-41/h10-36H,1-9H3. The molecule has 2 aliphatic rings. The molecular weight excluding hydrogens is 741 g/mol. The molecule has 61 heavy (non-hydrogen) atoms. The smallest absolute Gasteiger partial charge is 0.277 e. The highest BCUT2D eigenvalue weighted by atomic mass is 15.3. The van der Waals surface area contributed by atoms with Crippen LogP contribution in [0.2, 0.25) is 0 Å². The van der Waals surface area contributed by atoms with Gasteiger partial charge in [0.1, 0.15) is 11.5 Å². The molecule has 0 atom stereocenters. The number of fused-ring (bicyclic) bond motifs is 6. The van der Waals surface area contributed by atoms with Crippen molar-refractivity contribution in [3.8, 4) is 0 Å². The highest BCUT2D eigenvalue weighted by molar-refractivity contribution is 7.00. The zero-order chi connectivity index (χ0) is 42.4. The molecule has 6 aromatic carbocycles. The number of rotatable bonds is 5. The van der Waals surface area contributed by atoms with Crippen LogP contribution in [-0.4, -0.2) is 16.1 Å². The van der Waals surface area contributed by atoms with E-state index in [1.54, 1.807) is 0 Å². The number of aromatic nitrogens is 2. The maximum absolute atomic E-state index is 5.52. The van der Waals surface area contributed by atoms with Crippen molar-refractivity contribution in [1.82, 2.24) is 9.38 Å². The summed E-state index contributed by atoms with van der Waals surface area (Å²) < 4.78 is 2.27. The van der Waals surface area contributed by atoms with Crippen LogP contribution in [0.1, 0.15) is 79.0 Å². The molecule has 6 heteroatoms. The van der Waals surface area contributed by atoms with E-state index in [0.29, 0.717) is 0 Å². The van der Waals surface area contributed by atoms with E-state index < -0.39 is 0 Å². The molecule has 0 saturated heterocycles. The van der Waals surface area contributed by atoms with E-state index in [9.17, 15) is 0 Å². The van der Waals surface area contributed by atoms with Crippen LogP contribution < -0.4 is 31.2 Å². The van der Waals surface area contributed by atoms with Crippen molar-refractivity contribution < 1.29 is 0 Å². The van der Waals surface area contributed by atoms with Gasteiger partial charge < -0.3 is 9.80 Å². The number of anilines is 9. The fourth-order valence-electron chi connectivity index (χ4n) is 9.29. The summed E-state index contributed by atoms with van der Waals surface area (Å²) in [7, 11) is 0. The molecular formula is C55H54BN5. The zero-order valence-corrected chi connectivity index (χ0v) is 36.9. The summed E-state index contributed by atoms with van der Waals surface area (Å²) in [5.74, 6) is 1.08. The monoisotopic (exact) mass is 795 g/mol. The van der Waals surface area contributed by atoms with Crippen LogP contribution in [0.15, 0.2) is 164 Å². The first-order valence-corrected chi connectivity index (χ1v) is 21.7. The maximum Gasteiger partial charge on any atom is 0.277 e. The number of nitrogens with zero attached hydrogens (tertiary/aromatic N) is 5. The van der Waals surface area contributed by atoms with E-state index in [0.717, 1.165) is 51.2 Å². The van der Waals surface area contributed by atoms with Crippen LogP contribution in [0.4, 0.5) is 51.3 Å². The van der Waals surface area contributed by atoms with Crippen molar-refractivity contribution in [2.75, 3.05) is 14.7 Å². The van der Waals surface area contributed by atoms with E-state index in [1.165, 1.54) is 39.0 Å². The maximum atomic E-state index is 5.52. The second-order valence-corrected chi connectivity index (χ2v) is 19.9. The molecule has 0 bridgehead atoms. The summed E-state index contributed by atoms with van der Waals surface area (Å²) in [5, 5.41) is 0. The molecule has 0 radical (unpaired) electrons. The van der Waals surface area contributed by atoms with Crippen molar-refractivity contribution in [2.45, 2.75) is 78.6 Å². The fraction of sp³-hybridized carbons (Fsp3) is 0.218. The quantitative estimate of drug-likeness (QED) is 0.162. The Hall–Kier alpha value is -6.53. The lowest BCUT2D eigenvalue weighted by Gasteiger charge is -2.44. The lowest BCUT2D eigenvalue weighted by Crippen LogP contribution is -2.62. The van der Waals surface area contributed by atoms with Gasteiger partial charge in [-0.1, -0.05) is 135 Å². The molecule has 2 aliphatic heterocycles. The number of benzene rings is 6. The Bertz CT molecular complexity index is 2860. The molecule has 0 N–H and O–H groups in total. The summed E-state index contributed by atoms with van der Waals surface area (Å²) >= 11 is 0. The third-order valence-corrected chi connectivity index (χ3v) is 12.6. The first-order valence-electron chi connectivity index (χ1n) is 21.7. The number of hydrogen-bond donors (Lipinski definition) is 0. The third-order valence-electron chi connectivity index (χ3n) is 12.6. The Morgan fingerprint density at radius 2 is 0.951 bits per heavy atom. The number of pyridine rings is 1. The summed E-state index contributed by atoms with van der Waals surface area (Å²) in [6.45, 7) is 20.5. The first-order chi connectivity index (χ1) is 29.2. The van der Waals surface area contributed by atoms with Crippen LogP contribution in [0.5, 0.6) is 0 Å². The van der Waals surface area contributed by atoms with E-state index in [1.807, 2.05) is 0 Å². The van der Waals surface area contributed by atoms with Crippen LogP contribution >= 0.6 is 0 Å². The molecule has 0 saturated carbocycles. The van der Waals surface area contributed by atoms with Crippen LogP contribution in [-0.2, 0) is 16.2 Å². The van der Waals surface area contributed by atoms with Crippen molar-refractivity contribution in [2.24, 2.45) is 0 Å². The van der Waals surface area contributed by atoms with Gasteiger partial charge in [0.05, 0.1) is 5.59 Å². The second kappa shape index (κ2) is 14.0. The van der Waals surface area contributed by atoms with E-state index in [4.69, 9.17) is 4.98 Å². The fourth-order valence-corrected chi connectivity index (χ4v) is 9.29. The van der Waals surface area contributed by atoms with Crippen molar-refractivity contribution >= 4 is 80.2 Å². The Morgan fingerprint density at radius 1 is 0.459 bits per heavy atom. The van der Waals surface area contributed by atoms with Crippen molar-refractivity contribution in [3.63, 3.8) is 0 Å². The molecule has 5 nitrogen and oxygen atoms in total. The molecule has 0 amide bonds. The van der Waals surface area contributed by atoms with Gasteiger partial charge in [-0.05, 0) is 129 Å². The SMILES string of the molecule is CC(C)(C)c1ccc(N(c2ccc(C(C)(C)C)cc2)c2ccc3c(c2)N(c2ccccc2)c2cc(C(C)(C)C)cc4c2B3c2nc3ccccn3c2N4c2ccccc2)cc1. The van der Waals surface area contributed by atoms with Gasteiger partial charge in [-0.15, -0.1) is 0 Å². The van der Waals surface area contributed by atoms with E-state index >= 15 is 0 Å². The van der Waals surface area contributed by atoms with Crippen LogP contribution in [0.25, 0.3) is 5.65 Å². The molecule has 0 fully saturated rings. The average Bonchev–Trinajstić information content (AvgIpc) is 3.63. The van der Waals surface area contributed by atoms with Gasteiger partial charge in [0.15, 0.2) is 0 Å². The molecule has 4 heterocycles. The Kier molecular flexibility index (Phi) is 8.89. The van der Waals surface area contributed by atoms with Gasteiger partial charge in [-0.3, -0.25) is 9.30 Å². The minimum Gasteiger partial charge on any atom is -0.311 e. The van der Waals surface area contributed by atoms with Gasteiger partial charge in [0, 0.05) is 51.7 Å². The summed E-state index contributed by atoms with van der Waals surface area (Å²) in [6.07, 6.45) is 2.16. The average molecular weight is 796 g/mol. The van der Waals surface area contributed by atoms with Crippen LogP contribution in [0, 0.1) is 0 Å². The lowest BCUT2D eigenvalue weighted by atomic mass is 9.35. The van der Waals surface area contributed by atoms with Gasteiger partial charge in [-0.25, -0.2) is 4.98 Å². The second-order valence-electron chi connectivity index (χ2n) is 19.9. The Labute approximate surface area is 362 Å². The molecule has 10 rings (SSSR count). The molecule has 0 unspecified atom stereocenters. The third kappa shape index (κ3) is 6.51. The Morgan fingerprint density at radius 3 is 1.49 bits per heavy atom. The summed E-state index contributed by atoms with van der Waals surface area (Å²) in [4.78, 5) is 12.9. The first kappa shape index (κ1) is 38.7. The lowest BCUT2D eigenvalue weighted by molar-refractivity contribution is 0.590. The Balaban J connectivity index is 1.27. The normalized spacial score (nSPS) is 13.6. The minimum atomic E-state index is -0.122. The largest absolute Gasteiger partial charge is 0.311 e. The zero-order valence-electron chi connectivity index (χ0n) is 36.9. The predicted molar refractivity (Wildman–Crippen MR) is 260 cm³/mol. The molecule has 8 aromatic rings. The summed E-state index contributed by atoms with van der Waals surface area (Å²) in [6, 6.07) is 58.4. The molecule has 0 spiro atoms. The number of imidazole rings is 1. The molecule has 2 aromatic heterocycles. The van der Waals surface area contributed by atoms with Gasteiger partial charge in [0.25, 0.3) is 6.71 Å².